The van der Waals surface area contributed by atoms with Crippen LogP contribution in [0.25, 0.3) is 0 Å². The van der Waals surface area contributed by atoms with Crippen LogP contribution in [0.4, 0.5) is 5.69 Å². The molecule has 0 aliphatic rings. The summed E-state index contributed by atoms with van der Waals surface area (Å²) >= 11 is 2.82. The highest BCUT2D eigenvalue weighted by molar-refractivity contribution is 9.10. The van der Waals surface area contributed by atoms with Crippen molar-refractivity contribution in [3.05, 3.63) is 32.3 Å². The molecule has 0 aromatic heterocycles. The van der Waals surface area contributed by atoms with E-state index in [-0.39, 0.29) is 10.0 Å². The number of nitro benzene ring substituents is 1. The highest BCUT2D eigenvalue weighted by Gasteiger charge is 2.23. The quantitative estimate of drug-likeness (QED) is 0.568. The maximum atomic E-state index is 10.5. The second-order valence-electron chi connectivity index (χ2n) is 2.87. The Morgan fingerprint density at radius 2 is 2.06 bits per heavy atom. The van der Waals surface area contributed by atoms with Crippen LogP contribution >= 0.6 is 15.9 Å². The SMILES string of the molecule is O=C(O)C(O)c1cc(Br)c(O)c([N+](=O)[O-])c1. The number of phenols is 1. The number of carbonyl (C=O) groups is 1. The van der Waals surface area contributed by atoms with Crippen LogP contribution in [0.1, 0.15) is 11.7 Å². The van der Waals surface area contributed by atoms with Gasteiger partial charge in [-0.2, -0.15) is 0 Å². The number of carboxylic acid groups (broad SMARTS) is 1. The Morgan fingerprint density at radius 1 is 1.50 bits per heavy atom. The minimum Gasteiger partial charge on any atom is -0.501 e. The average Bonchev–Trinajstić information content (AvgIpc) is 2.20. The van der Waals surface area contributed by atoms with E-state index < -0.39 is 28.4 Å². The summed E-state index contributed by atoms with van der Waals surface area (Å²) < 4.78 is -0.0583. The molecule has 0 saturated heterocycles. The molecule has 0 aliphatic carbocycles. The number of aliphatic carboxylic acids is 1. The van der Waals surface area contributed by atoms with Crippen molar-refractivity contribution in [2.24, 2.45) is 0 Å². The molecule has 1 unspecified atom stereocenters. The van der Waals surface area contributed by atoms with Crippen molar-refractivity contribution in [3.63, 3.8) is 0 Å². The molecule has 7 nitrogen and oxygen atoms in total. The van der Waals surface area contributed by atoms with Gasteiger partial charge in [-0.05, 0) is 27.6 Å². The molecule has 0 heterocycles. The van der Waals surface area contributed by atoms with Crippen molar-refractivity contribution in [3.8, 4) is 5.75 Å². The van der Waals surface area contributed by atoms with Crippen LogP contribution in [0.5, 0.6) is 5.75 Å². The van der Waals surface area contributed by atoms with Crippen molar-refractivity contribution in [2.75, 3.05) is 0 Å². The maximum Gasteiger partial charge on any atom is 0.337 e. The Labute approximate surface area is 97.2 Å². The Kier molecular flexibility index (Phi) is 3.45. The number of aliphatic hydroxyl groups excluding tert-OH is 1. The van der Waals surface area contributed by atoms with Gasteiger partial charge in [0.2, 0.25) is 5.75 Å². The van der Waals surface area contributed by atoms with E-state index >= 15 is 0 Å². The molecule has 3 N–H and O–H groups in total. The van der Waals surface area contributed by atoms with Gasteiger partial charge < -0.3 is 15.3 Å². The number of nitro groups is 1. The van der Waals surface area contributed by atoms with Gasteiger partial charge in [-0.25, -0.2) is 4.79 Å². The van der Waals surface area contributed by atoms with Crippen molar-refractivity contribution < 1.29 is 25.0 Å². The number of nitrogens with zero attached hydrogens (tertiary/aromatic N) is 1. The van der Waals surface area contributed by atoms with Gasteiger partial charge in [-0.1, -0.05) is 0 Å². The second kappa shape index (κ2) is 4.45. The average molecular weight is 292 g/mol. The number of benzene rings is 1. The maximum absolute atomic E-state index is 10.5. The topological polar surface area (TPSA) is 121 Å². The molecule has 0 saturated carbocycles. The number of hydrogen-bond donors (Lipinski definition) is 3. The molecule has 16 heavy (non-hydrogen) atoms. The first kappa shape index (κ1) is 12.4. The van der Waals surface area contributed by atoms with Gasteiger partial charge >= 0.3 is 11.7 Å². The molecule has 0 bridgehead atoms. The third-order valence-corrected chi connectivity index (χ3v) is 2.42. The number of aromatic hydroxyl groups is 1. The predicted octanol–water partition coefficient (Wildman–Crippen LogP) is 1.18. The number of halogens is 1. The summed E-state index contributed by atoms with van der Waals surface area (Å²) in [4.78, 5) is 20.1. The van der Waals surface area contributed by atoms with E-state index in [4.69, 9.17) is 5.11 Å². The van der Waals surface area contributed by atoms with Crippen LogP contribution in [0.3, 0.4) is 0 Å². The van der Waals surface area contributed by atoms with Gasteiger partial charge in [0.15, 0.2) is 6.10 Å². The predicted molar refractivity (Wildman–Crippen MR) is 55.1 cm³/mol. The van der Waals surface area contributed by atoms with E-state index in [1.165, 1.54) is 0 Å². The molecule has 0 fully saturated rings. The van der Waals surface area contributed by atoms with Gasteiger partial charge in [0, 0.05) is 6.07 Å². The van der Waals surface area contributed by atoms with Crippen LogP contribution in [0.15, 0.2) is 16.6 Å². The fraction of sp³-hybridized carbons (Fsp3) is 0.125. The molecule has 8 heteroatoms. The highest BCUT2D eigenvalue weighted by Crippen LogP contribution is 2.36. The molecule has 0 radical (unpaired) electrons. The molecule has 1 aromatic carbocycles. The van der Waals surface area contributed by atoms with Crippen LogP contribution in [-0.4, -0.2) is 26.2 Å². The van der Waals surface area contributed by atoms with E-state index in [0.29, 0.717) is 0 Å². The fourth-order valence-electron chi connectivity index (χ4n) is 1.04. The monoisotopic (exact) mass is 291 g/mol. The van der Waals surface area contributed by atoms with E-state index in [2.05, 4.69) is 15.9 Å². The van der Waals surface area contributed by atoms with Gasteiger partial charge in [-0.3, -0.25) is 10.1 Å². The van der Waals surface area contributed by atoms with Crippen LogP contribution in [0.2, 0.25) is 0 Å². The molecule has 86 valence electrons. The zero-order valence-corrected chi connectivity index (χ0v) is 9.21. The standard InChI is InChI=1S/C8H6BrNO6/c9-4-1-3(6(11)8(13)14)2-5(7(4)12)10(15)16/h1-2,6,11-12H,(H,13,14). The first-order valence-corrected chi connectivity index (χ1v) is 4.71. The Balaban J connectivity index is 3.34. The summed E-state index contributed by atoms with van der Waals surface area (Å²) in [6.45, 7) is 0. The summed E-state index contributed by atoms with van der Waals surface area (Å²) in [6.07, 6.45) is -1.88. The van der Waals surface area contributed by atoms with Gasteiger partial charge in [0.05, 0.1) is 9.40 Å². The fourth-order valence-corrected chi connectivity index (χ4v) is 1.51. The molecule has 1 atom stereocenters. The van der Waals surface area contributed by atoms with Gasteiger partial charge in [0.25, 0.3) is 0 Å². The van der Waals surface area contributed by atoms with E-state index in [0.717, 1.165) is 12.1 Å². The zero-order valence-electron chi connectivity index (χ0n) is 7.62. The minimum atomic E-state index is -1.88. The lowest BCUT2D eigenvalue weighted by Crippen LogP contribution is -2.10. The van der Waals surface area contributed by atoms with Crippen molar-refractivity contribution in [2.45, 2.75) is 6.10 Å². The molecular weight excluding hydrogens is 286 g/mol. The summed E-state index contributed by atoms with van der Waals surface area (Å²) in [7, 11) is 0. The number of phenolic OH excluding ortho intramolecular Hbond substituents is 1. The number of aliphatic hydroxyl groups is 1. The molecule has 1 rings (SSSR count). The first-order chi connectivity index (χ1) is 7.34. The molecular formula is C8H6BrNO6. The van der Waals surface area contributed by atoms with Crippen LogP contribution in [0, 0.1) is 10.1 Å². The van der Waals surface area contributed by atoms with Crippen LogP contribution in [-0.2, 0) is 4.79 Å². The largest absolute Gasteiger partial charge is 0.501 e. The molecule has 1 aromatic rings. The summed E-state index contributed by atoms with van der Waals surface area (Å²) in [6, 6.07) is 1.90. The Bertz CT molecular complexity index is 460. The highest BCUT2D eigenvalue weighted by atomic mass is 79.9. The smallest absolute Gasteiger partial charge is 0.337 e. The summed E-state index contributed by atoms with van der Waals surface area (Å²) in [5, 5.41) is 37.5. The Morgan fingerprint density at radius 3 is 2.50 bits per heavy atom. The molecule has 0 spiro atoms. The third-order valence-electron chi connectivity index (χ3n) is 1.81. The lowest BCUT2D eigenvalue weighted by Gasteiger charge is -2.07. The number of rotatable bonds is 3. The normalized spacial score (nSPS) is 12.1. The summed E-state index contributed by atoms with van der Waals surface area (Å²) in [5.41, 5.74) is -0.867. The number of carboxylic acids is 1. The second-order valence-corrected chi connectivity index (χ2v) is 3.72. The van der Waals surface area contributed by atoms with Crippen molar-refractivity contribution in [1.82, 2.24) is 0 Å². The van der Waals surface area contributed by atoms with Crippen molar-refractivity contribution in [1.29, 1.82) is 0 Å². The molecule has 0 amide bonds. The van der Waals surface area contributed by atoms with Gasteiger partial charge in [-0.15, -0.1) is 0 Å². The lowest BCUT2D eigenvalue weighted by molar-refractivity contribution is -0.386. The van der Waals surface area contributed by atoms with Gasteiger partial charge in [0.1, 0.15) is 0 Å². The van der Waals surface area contributed by atoms with Crippen LogP contribution < -0.4 is 0 Å². The Hall–Kier alpha value is -1.67. The third kappa shape index (κ3) is 2.28. The van der Waals surface area contributed by atoms with E-state index in [1.54, 1.807) is 0 Å². The van der Waals surface area contributed by atoms with E-state index in [9.17, 15) is 25.1 Å². The lowest BCUT2D eigenvalue weighted by atomic mass is 10.1. The first-order valence-electron chi connectivity index (χ1n) is 3.92. The van der Waals surface area contributed by atoms with E-state index in [1.807, 2.05) is 0 Å². The molecule has 0 aliphatic heterocycles. The summed E-state index contributed by atoms with van der Waals surface area (Å²) in [5.74, 6) is -2.15. The zero-order chi connectivity index (χ0) is 12.5. The van der Waals surface area contributed by atoms with Crippen molar-refractivity contribution >= 4 is 27.6 Å². The number of hydrogen-bond acceptors (Lipinski definition) is 5. The minimum absolute atomic E-state index is 0.0583.